The molecule has 1 aromatic rings. The number of hydrogen-bond acceptors (Lipinski definition) is 1. The summed E-state index contributed by atoms with van der Waals surface area (Å²) in [6, 6.07) is 7.20. The van der Waals surface area contributed by atoms with E-state index in [9.17, 15) is 0 Å². The van der Waals surface area contributed by atoms with Crippen LogP contribution < -0.4 is 5.32 Å². The second-order valence-electron chi connectivity index (χ2n) is 5.89. The summed E-state index contributed by atoms with van der Waals surface area (Å²) in [6.07, 6.45) is 6.91. The molecule has 1 aliphatic rings. The Labute approximate surface area is 145 Å². The van der Waals surface area contributed by atoms with Crippen molar-refractivity contribution in [3.8, 4) is 0 Å². The molecule has 112 valence electrons. The molecule has 0 heterocycles. The van der Waals surface area contributed by atoms with Crippen molar-refractivity contribution in [3.63, 3.8) is 0 Å². The predicted molar refractivity (Wildman–Crippen MR) is 99.0 cm³/mol. The van der Waals surface area contributed by atoms with Crippen LogP contribution in [0.1, 0.15) is 57.6 Å². The fourth-order valence-corrected chi connectivity index (χ4v) is 4.44. The zero-order valence-electron chi connectivity index (χ0n) is 12.5. The predicted octanol–water partition coefficient (Wildman–Crippen LogP) is 5.92. The Morgan fingerprint density at radius 2 is 1.95 bits per heavy atom. The Bertz CT molecular complexity index is 427. The maximum atomic E-state index is 3.75. The molecule has 1 aliphatic carbocycles. The first kappa shape index (κ1) is 16.8. The fraction of sp³-hybridized carbons (Fsp3) is 0.647. The highest BCUT2D eigenvalue weighted by Gasteiger charge is 2.28. The first-order valence-corrected chi connectivity index (χ1v) is 9.71. The minimum absolute atomic E-state index is 0.502. The Morgan fingerprint density at radius 3 is 2.55 bits per heavy atom. The lowest BCUT2D eigenvalue weighted by molar-refractivity contribution is 0.219. The van der Waals surface area contributed by atoms with Gasteiger partial charge in [-0.15, -0.1) is 0 Å². The van der Waals surface area contributed by atoms with Crippen LogP contribution in [0, 0.1) is 15.4 Å². The lowest BCUT2D eigenvalue weighted by atomic mass is 9.76. The van der Waals surface area contributed by atoms with E-state index < -0.39 is 0 Å². The van der Waals surface area contributed by atoms with Gasteiger partial charge in [0.15, 0.2) is 0 Å². The molecular weight excluding hydrogens is 425 g/mol. The van der Waals surface area contributed by atoms with Gasteiger partial charge in [-0.2, -0.15) is 0 Å². The maximum Gasteiger partial charge on any atom is 0.0360 e. The highest BCUT2D eigenvalue weighted by molar-refractivity contribution is 14.1. The molecule has 2 rings (SSSR count). The van der Waals surface area contributed by atoms with E-state index in [-0.39, 0.29) is 0 Å². The molecule has 1 unspecified atom stereocenters. The Hall–Kier alpha value is 0.390. The lowest BCUT2D eigenvalue weighted by Crippen LogP contribution is -2.31. The molecule has 1 atom stereocenters. The van der Waals surface area contributed by atoms with Crippen LogP contribution in [-0.4, -0.2) is 6.54 Å². The summed E-state index contributed by atoms with van der Waals surface area (Å²) in [4.78, 5) is 0. The molecule has 1 N–H and O–H groups in total. The van der Waals surface area contributed by atoms with Crippen molar-refractivity contribution in [3.05, 3.63) is 31.8 Å². The second-order valence-corrected chi connectivity index (χ2v) is 7.99. The molecule has 20 heavy (non-hydrogen) atoms. The third kappa shape index (κ3) is 4.20. The molecule has 0 aliphatic heterocycles. The van der Waals surface area contributed by atoms with Gasteiger partial charge in [0.25, 0.3) is 0 Å². The van der Waals surface area contributed by atoms with E-state index in [1.807, 2.05) is 0 Å². The standard InChI is InChI=1S/C17H25BrIN/c1-3-12-5-7-13(8-6-12)17(20-4-2)15-11-14(19)9-10-16(15)18/h9-13,17,20H,3-8H2,1-2H3. The number of hydrogen-bond donors (Lipinski definition) is 1. The van der Waals surface area contributed by atoms with Crippen molar-refractivity contribution in [1.82, 2.24) is 5.32 Å². The fourth-order valence-electron chi connectivity index (χ4n) is 3.43. The SMILES string of the molecule is CCNC(c1cc(I)ccc1Br)C1CCC(CC)CC1. The Kier molecular flexibility index (Phi) is 6.82. The largest absolute Gasteiger partial charge is 0.310 e. The molecule has 0 radical (unpaired) electrons. The van der Waals surface area contributed by atoms with Gasteiger partial charge in [0.2, 0.25) is 0 Å². The van der Waals surface area contributed by atoms with E-state index in [4.69, 9.17) is 0 Å². The maximum absolute atomic E-state index is 3.75. The number of nitrogens with one attached hydrogen (secondary N) is 1. The summed E-state index contributed by atoms with van der Waals surface area (Å²) >= 11 is 6.17. The van der Waals surface area contributed by atoms with Gasteiger partial charge in [0.1, 0.15) is 0 Å². The van der Waals surface area contributed by atoms with E-state index in [2.05, 4.69) is 75.9 Å². The van der Waals surface area contributed by atoms with Gasteiger partial charge in [0, 0.05) is 14.1 Å². The van der Waals surface area contributed by atoms with Crippen LogP contribution in [0.2, 0.25) is 0 Å². The van der Waals surface area contributed by atoms with Gasteiger partial charge in [-0.05, 0) is 77.6 Å². The summed E-state index contributed by atoms with van der Waals surface area (Å²) in [5, 5.41) is 3.74. The van der Waals surface area contributed by atoms with Crippen molar-refractivity contribution in [1.29, 1.82) is 0 Å². The average Bonchev–Trinajstić information content (AvgIpc) is 2.48. The quantitative estimate of drug-likeness (QED) is 0.550. The van der Waals surface area contributed by atoms with Crippen molar-refractivity contribution in [2.45, 2.75) is 52.0 Å². The van der Waals surface area contributed by atoms with Gasteiger partial charge in [-0.3, -0.25) is 0 Å². The van der Waals surface area contributed by atoms with E-state index in [0.717, 1.165) is 18.4 Å². The Morgan fingerprint density at radius 1 is 1.25 bits per heavy atom. The van der Waals surface area contributed by atoms with Crippen LogP contribution in [0.4, 0.5) is 0 Å². The molecular formula is C17H25BrIN. The highest BCUT2D eigenvalue weighted by atomic mass is 127. The number of rotatable bonds is 5. The molecule has 1 nitrogen and oxygen atoms in total. The zero-order chi connectivity index (χ0) is 14.5. The molecule has 3 heteroatoms. The van der Waals surface area contributed by atoms with Gasteiger partial charge in [0.05, 0.1) is 0 Å². The van der Waals surface area contributed by atoms with Crippen molar-refractivity contribution >= 4 is 38.5 Å². The monoisotopic (exact) mass is 449 g/mol. The van der Waals surface area contributed by atoms with Crippen LogP contribution in [0.25, 0.3) is 0 Å². The van der Waals surface area contributed by atoms with E-state index >= 15 is 0 Å². The average molecular weight is 450 g/mol. The normalized spacial score (nSPS) is 24.6. The topological polar surface area (TPSA) is 12.0 Å². The van der Waals surface area contributed by atoms with E-state index in [0.29, 0.717) is 6.04 Å². The number of benzene rings is 1. The minimum Gasteiger partial charge on any atom is -0.310 e. The molecule has 0 aromatic heterocycles. The highest BCUT2D eigenvalue weighted by Crippen LogP contribution is 2.40. The van der Waals surface area contributed by atoms with Crippen LogP contribution in [-0.2, 0) is 0 Å². The molecule has 1 fully saturated rings. The number of halogens is 2. The van der Waals surface area contributed by atoms with Gasteiger partial charge < -0.3 is 5.32 Å². The molecule has 1 saturated carbocycles. The first-order valence-electron chi connectivity index (χ1n) is 7.84. The molecule has 0 saturated heterocycles. The smallest absolute Gasteiger partial charge is 0.0360 e. The van der Waals surface area contributed by atoms with E-state index in [1.165, 1.54) is 45.7 Å². The van der Waals surface area contributed by atoms with Crippen molar-refractivity contribution in [2.24, 2.45) is 11.8 Å². The first-order chi connectivity index (χ1) is 9.65. The second kappa shape index (κ2) is 8.14. The van der Waals surface area contributed by atoms with Crippen LogP contribution in [0.15, 0.2) is 22.7 Å². The van der Waals surface area contributed by atoms with Crippen molar-refractivity contribution in [2.75, 3.05) is 6.54 Å². The van der Waals surface area contributed by atoms with Crippen LogP contribution >= 0.6 is 38.5 Å². The summed E-state index contributed by atoms with van der Waals surface area (Å²) in [5.41, 5.74) is 1.44. The van der Waals surface area contributed by atoms with Crippen molar-refractivity contribution < 1.29 is 0 Å². The summed E-state index contributed by atoms with van der Waals surface area (Å²) in [5.74, 6) is 1.75. The summed E-state index contributed by atoms with van der Waals surface area (Å²) in [6.45, 7) is 5.59. The molecule has 0 amide bonds. The zero-order valence-corrected chi connectivity index (χ0v) is 16.2. The third-order valence-corrected chi connectivity index (χ3v) is 6.05. The minimum atomic E-state index is 0.502. The molecule has 0 spiro atoms. The third-order valence-electron chi connectivity index (χ3n) is 4.66. The van der Waals surface area contributed by atoms with Gasteiger partial charge >= 0.3 is 0 Å². The summed E-state index contributed by atoms with van der Waals surface area (Å²) < 4.78 is 2.58. The molecule has 1 aromatic carbocycles. The van der Waals surface area contributed by atoms with Crippen LogP contribution in [0.3, 0.4) is 0 Å². The lowest BCUT2D eigenvalue weighted by Gasteiger charge is -2.35. The molecule has 0 bridgehead atoms. The summed E-state index contributed by atoms with van der Waals surface area (Å²) in [7, 11) is 0. The van der Waals surface area contributed by atoms with Gasteiger partial charge in [-0.25, -0.2) is 0 Å². The van der Waals surface area contributed by atoms with Crippen LogP contribution in [0.5, 0.6) is 0 Å². The van der Waals surface area contributed by atoms with Gasteiger partial charge in [-0.1, -0.05) is 49.0 Å². The Balaban J connectivity index is 2.16. The van der Waals surface area contributed by atoms with E-state index in [1.54, 1.807) is 0 Å².